The number of fused-ring (bicyclic) bond motifs is 1. The van der Waals surface area contributed by atoms with Crippen LogP contribution in [0.4, 0.5) is 0 Å². The van der Waals surface area contributed by atoms with Crippen LogP contribution in [0.5, 0.6) is 0 Å². The number of benzene rings is 1. The SMILES string of the molecule is CC(=O)SCC1CC(=O)N(C2CCc3ccccc3C2)C1. The zero-order valence-electron chi connectivity index (χ0n) is 12.4. The smallest absolute Gasteiger partial charge is 0.223 e. The van der Waals surface area contributed by atoms with E-state index in [1.54, 1.807) is 6.92 Å². The van der Waals surface area contributed by atoms with Gasteiger partial charge in [0.25, 0.3) is 0 Å². The third-order valence-electron chi connectivity index (χ3n) is 4.52. The van der Waals surface area contributed by atoms with Gasteiger partial charge in [-0.15, -0.1) is 0 Å². The van der Waals surface area contributed by atoms with Crippen LogP contribution < -0.4 is 0 Å². The zero-order valence-corrected chi connectivity index (χ0v) is 13.2. The van der Waals surface area contributed by atoms with Crippen molar-refractivity contribution in [1.82, 2.24) is 4.90 Å². The van der Waals surface area contributed by atoms with Crippen molar-refractivity contribution in [2.24, 2.45) is 5.92 Å². The summed E-state index contributed by atoms with van der Waals surface area (Å²) in [5, 5.41) is 0.146. The average Bonchev–Trinajstić information content (AvgIpc) is 2.86. The van der Waals surface area contributed by atoms with Gasteiger partial charge in [-0.1, -0.05) is 36.0 Å². The van der Waals surface area contributed by atoms with Crippen molar-refractivity contribution in [2.75, 3.05) is 12.3 Å². The summed E-state index contributed by atoms with van der Waals surface area (Å²) >= 11 is 1.35. The summed E-state index contributed by atoms with van der Waals surface area (Å²) in [6.45, 7) is 2.42. The predicted octanol–water partition coefficient (Wildman–Crippen LogP) is 2.67. The molecular formula is C17H21NO2S. The van der Waals surface area contributed by atoms with Gasteiger partial charge in [0.2, 0.25) is 5.91 Å². The van der Waals surface area contributed by atoms with E-state index in [9.17, 15) is 9.59 Å². The highest BCUT2D eigenvalue weighted by molar-refractivity contribution is 8.13. The molecule has 21 heavy (non-hydrogen) atoms. The lowest BCUT2D eigenvalue weighted by Crippen LogP contribution is -2.40. The molecule has 1 heterocycles. The largest absolute Gasteiger partial charge is 0.339 e. The topological polar surface area (TPSA) is 37.4 Å². The first-order chi connectivity index (χ1) is 10.1. The number of hydrogen-bond donors (Lipinski definition) is 0. The molecule has 0 radical (unpaired) electrons. The summed E-state index contributed by atoms with van der Waals surface area (Å²) in [6.07, 6.45) is 3.72. The lowest BCUT2D eigenvalue weighted by atomic mass is 9.87. The maximum Gasteiger partial charge on any atom is 0.223 e. The summed E-state index contributed by atoms with van der Waals surface area (Å²) in [6, 6.07) is 8.91. The summed E-state index contributed by atoms with van der Waals surface area (Å²) < 4.78 is 0. The molecule has 3 nitrogen and oxygen atoms in total. The van der Waals surface area contributed by atoms with Crippen LogP contribution in [0.1, 0.15) is 30.9 Å². The minimum absolute atomic E-state index is 0.146. The molecule has 0 bridgehead atoms. The number of aryl methyl sites for hydroxylation is 1. The van der Waals surface area contributed by atoms with Crippen molar-refractivity contribution in [3.8, 4) is 0 Å². The number of amides is 1. The first-order valence-electron chi connectivity index (χ1n) is 7.63. The van der Waals surface area contributed by atoms with Gasteiger partial charge in [-0.05, 0) is 36.3 Å². The van der Waals surface area contributed by atoms with Gasteiger partial charge in [0.05, 0.1) is 0 Å². The summed E-state index contributed by atoms with van der Waals surface area (Å²) in [5.74, 6) is 1.39. The van der Waals surface area contributed by atoms with Crippen LogP contribution in [0.2, 0.25) is 0 Å². The molecule has 2 aliphatic rings. The van der Waals surface area contributed by atoms with Crippen LogP contribution >= 0.6 is 11.8 Å². The highest BCUT2D eigenvalue weighted by atomic mass is 32.2. The predicted molar refractivity (Wildman–Crippen MR) is 85.2 cm³/mol. The number of carbonyl (C=O) groups excluding carboxylic acids is 2. The third kappa shape index (κ3) is 3.31. The highest BCUT2D eigenvalue weighted by Crippen LogP contribution is 2.30. The van der Waals surface area contributed by atoms with Crippen molar-refractivity contribution in [3.63, 3.8) is 0 Å². The molecule has 1 aliphatic carbocycles. The molecule has 112 valence electrons. The molecule has 1 aromatic carbocycles. The highest BCUT2D eigenvalue weighted by Gasteiger charge is 2.35. The fourth-order valence-corrected chi connectivity index (χ4v) is 4.15. The summed E-state index contributed by atoms with van der Waals surface area (Å²) in [4.78, 5) is 25.4. The van der Waals surface area contributed by atoms with Crippen molar-refractivity contribution >= 4 is 22.8 Å². The number of nitrogens with zero attached hydrogens (tertiary/aromatic N) is 1. The lowest BCUT2D eigenvalue weighted by molar-refractivity contribution is -0.129. The standard InChI is InChI=1S/C17H21NO2S/c1-12(19)21-11-13-8-17(20)18(10-13)16-7-6-14-4-2-3-5-15(14)9-16/h2-5,13,16H,6-11H2,1H3. The van der Waals surface area contributed by atoms with E-state index in [0.29, 0.717) is 18.4 Å². The molecule has 3 rings (SSSR count). The van der Waals surface area contributed by atoms with Gasteiger partial charge < -0.3 is 4.90 Å². The Morgan fingerprint density at radius 1 is 1.29 bits per heavy atom. The van der Waals surface area contributed by atoms with Crippen molar-refractivity contribution in [2.45, 2.75) is 38.6 Å². The molecule has 2 unspecified atom stereocenters. The van der Waals surface area contributed by atoms with Crippen LogP contribution in [0.25, 0.3) is 0 Å². The van der Waals surface area contributed by atoms with E-state index in [1.165, 1.54) is 22.9 Å². The first kappa shape index (κ1) is 14.6. The number of thioether (sulfide) groups is 1. The second-order valence-electron chi connectivity index (χ2n) is 6.08. The minimum atomic E-state index is 0.146. The van der Waals surface area contributed by atoms with Gasteiger partial charge in [-0.2, -0.15) is 0 Å². The van der Waals surface area contributed by atoms with Crippen LogP contribution in [0.3, 0.4) is 0 Å². The van der Waals surface area contributed by atoms with E-state index in [4.69, 9.17) is 0 Å². The summed E-state index contributed by atoms with van der Waals surface area (Å²) in [7, 11) is 0. The molecule has 0 aromatic heterocycles. The zero-order chi connectivity index (χ0) is 14.8. The molecule has 1 amide bonds. The monoisotopic (exact) mass is 303 g/mol. The molecule has 1 fully saturated rings. The number of hydrogen-bond acceptors (Lipinski definition) is 3. The lowest BCUT2D eigenvalue weighted by Gasteiger charge is -2.32. The molecule has 2 atom stereocenters. The fourth-order valence-electron chi connectivity index (χ4n) is 3.45. The quantitative estimate of drug-likeness (QED) is 0.861. The Bertz CT molecular complexity index is 557. The van der Waals surface area contributed by atoms with E-state index in [0.717, 1.165) is 31.6 Å². The molecule has 4 heteroatoms. The first-order valence-corrected chi connectivity index (χ1v) is 8.61. The molecular weight excluding hydrogens is 282 g/mol. The second kappa shape index (κ2) is 6.22. The van der Waals surface area contributed by atoms with Gasteiger partial charge in [0.15, 0.2) is 5.12 Å². The van der Waals surface area contributed by atoms with Gasteiger partial charge in [-0.3, -0.25) is 9.59 Å². The molecule has 1 aliphatic heterocycles. The number of rotatable bonds is 3. The van der Waals surface area contributed by atoms with E-state index in [2.05, 4.69) is 29.2 Å². The Balaban J connectivity index is 1.63. The fraction of sp³-hybridized carbons (Fsp3) is 0.529. The average molecular weight is 303 g/mol. The Kier molecular flexibility index (Phi) is 4.34. The number of carbonyl (C=O) groups is 2. The summed E-state index contributed by atoms with van der Waals surface area (Å²) in [5.41, 5.74) is 2.83. The van der Waals surface area contributed by atoms with Gasteiger partial charge in [0.1, 0.15) is 0 Å². The van der Waals surface area contributed by atoms with Crippen LogP contribution in [0, 0.1) is 5.92 Å². The van der Waals surface area contributed by atoms with E-state index in [-0.39, 0.29) is 11.0 Å². The van der Waals surface area contributed by atoms with Crippen molar-refractivity contribution in [3.05, 3.63) is 35.4 Å². The van der Waals surface area contributed by atoms with Crippen molar-refractivity contribution in [1.29, 1.82) is 0 Å². The van der Waals surface area contributed by atoms with Crippen LogP contribution in [-0.4, -0.2) is 34.3 Å². The Labute approximate surface area is 130 Å². The maximum absolute atomic E-state index is 12.3. The number of likely N-dealkylation sites (tertiary alicyclic amines) is 1. The van der Waals surface area contributed by atoms with Gasteiger partial charge in [0, 0.05) is 31.7 Å². The third-order valence-corrected chi connectivity index (χ3v) is 5.57. The van der Waals surface area contributed by atoms with Crippen molar-refractivity contribution < 1.29 is 9.59 Å². The maximum atomic E-state index is 12.3. The molecule has 0 saturated carbocycles. The normalized spacial score (nSPS) is 25.0. The Morgan fingerprint density at radius 3 is 2.81 bits per heavy atom. The molecule has 0 spiro atoms. The van der Waals surface area contributed by atoms with E-state index >= 15 is 0 Å². The van der Waals surface area contributed by atoms with E-state index in [1.807, 2.05) is 0 Å². The van der Waals surface area contributed by atoms with Crippen LogP contribution in [-0.2, 0) is 22.4 Å². The van der Waals surface area contributed by atoms with Crippen LogP contribution in [0.15, 0.2) is 24.3 Å². The van der Waals surface area contributed by atoms with Gasteiger partial charge in [-0.25, -0.2) is 0 Å². The van der Waals surface area contributed by atoms with Gasteiger partial charge >= 0.3 is 0 Å². The minimum Gasteiger partial charge on any atom is -0.339 e. The molecule has 0 N–H and O–H groups in total. The van der Waals surface area contributed by atoms with E-state index < -0.39 is 0 Å². The second-order valence-corrected chi connectivity index (χ2v) is 7.28. The molecule has 1 aromatic rings. The molecule has 1 saturated heterocycles. The Morgan fingerprint density at radius 2 is 2.05 bits per heavy atom. The Hall–Kier alpha value is -1.29.